The van der Waals surface area contributed by atoms with Gasteiger partial charge in [0, 0.05) is 36.8 Å². The first-order valence-electron chi connectivity index (χ1n) is 5.73. The van der Waals surface area contributed by atoms with Crippen LogP contribution in [0.4, 0.5) is 0 Å². The zero-order valence-electron chi connectivity index (χ0n) is 10.3. The molecule has 0 aliphatic heterocycles. The Morgan fingerprint density at radius 2 is 1.94 bits per heavy atom. The third-order valence-electron chi connectivity index (χ3n) is 3.25. The van der Waals surface area contributed by atoms with Crippen molar-refractivity contribution in [2.45, 2.75) is 0 Å². The summed E-state index contributed by atoms with van der Waals surface area (Å²) in [5, 5.41) is 1.11. The summed E-state index contributed by atoms with van der Waals surface area (Å²) in [4.78, 5) is 15.5. The zero-order chi connectivity index (χ0) is 12.7. The molecule has 0 unspecified atom stereocenters. The molecule has 0 spiro atoms. The number of imidazole rings is 1. The van der Waals surface area contributed by atoms with Gasteiger partial charge in [-0.2, -0.15) is 0 Å². The number of aromatic nitrogens is 3. The Bertz CT molecular complexity index is 737. The summed E-state index contributed by atoms with van der Waals surface area (Å²) in [7, 11) is 3.82. The van der Waals surface area contributed by atoms with Crippen LogP contribution in [0.3, 0.4) is 0 Å². The molecule has 0 N–H and O–H groups in total. The number of rotatable bonds is 2. The number of aryl methyl sites for hydroxylation is 2. The summed E-state index contributed by atoms with van der Waals surface area (Å²) >= 11 is 0. The van der Waals surface area contributed by atoms with Crippen molar-refractivity contribution in [3.8, 4) is 11.3 Å². The molecule has 0 bridgehead atoms. The highest BCUT2D eigenvalue weighted by atomic mass is 16.1. The maximum Gasteiger partial charge on any atom is 0.168 e. The third kappa shape index (κ3) is 1.39. The van der Waals surface area contributed by atoms with E-state index in [9.17, 15) is 4.79 Å². The molecule has 0 aliphatic rings. The Labute approximate surface area is 104 Å². The fraction of sp³-hybridized carbons (Fsp3) is 0.143. The predicted molar refractivity (Wildman–Crippen MR) is 70.5 cm³/mol. The summed E-state index contributed by atoms with van der Waals surface area (Å²) in [6, 6.07) is 8.11. The lowest BCUT2D eigenvalue weighted by molar-refractivity contribution is 0.111. The van der Waals surface area contributed by atoms with Gasteiger partial charge in [0.05, 0.1) is 6.33 Å². The molecular weight excluding hydrogens is 226 g/mol. The first-order valence-corrected chi connectivity index (χ1v) is 5.73. The van der Waals surface area contributed by atoms with Gasteiger partial charge in [-0.25, -0.2) is 4.98 Å². The highest BCUT2D eigenvalue weighted by Gasteiger charge is 2.15. The van der Waals surface area contributed by atoms with Gasteiger partial charge >= 0.3 is 0 Å². The van der Waals surface area contributed by atoms with Gasteiger partial charge in [-0.3, -0.25) is 4.79 Å². The Balaban J connectivity index is 2.35. The largest absolute Gasteiger partial charge is 0.350 e. The van der Waals surface area contributed by atoms with Crippen molar-refractivity contribution in [3.63, 3.8) is 0 Å². The summed E-state index contributed by atoms with van der Waals surface area (Å²) in [5.41, 5.74) is 3.47. The van der Waals surface area contributed by atoms with Crippen molar-refractivity contribution in [3.05, 3.63) is 42.5 Å². The van der Waals surface area contributed by atoms with Gasteiger partial charge in [-0.05, 0) is 6.07 Å². The third-order valence-corrected chi connectivity index (χ3v) is 3.25. The van der Waals surface area contributed by atoms with E-state index in [1.165, 1.54) is 0 Å². The summed E-state index contributed by atoms with van der Waals surface area (Å²) in [6.45, 7) is 0. The molecule has 3 rings (SSSR count). The minimum atomic E-state index is 0.603. The lowest BCUT2D eigenvalue weighted by atomic mass is 10.1. The number of hydrogen-bond donors (Lipinski definition) is 0. The van der Waals surface area contributed by atoms with Crippen LogP contribution in [0.1, 0.15) is 10.5 Å². The molecule has 4 heteroatoms. The van der Waals surface area contributed by atoms with E-state index in [0.717, 1.165) is 28.4 Å². The van der Waals surface area contributed by atoms with Gasteiger partial charge in [-0.15, -0.1) is 0 Å². The molecule has 90 valence electrons. The second kappa shape index (κ2) is 3.84. The normalized spacial score (nSPS) is 11.0. The summed E-state index contributed by atoms with van der Waals surface area (Å²) in [5.74, 6) is 0. The summed E-state index contributed by atoms with van der Waals surface area (Å²) in [6.07, 6.45) is 4.53. The van der Waals surface area contributed by atoms with E-state index < -0.39 is 0 Å². The molecule has 0 radical (unpaired) electrons. The number of hydrogen-bond acceptors (Lipinski definition) is 2. The smallest absolute Gasteiger partial charge is 0.168 e. The number of benzene rings is 1. The molecule has 4 nitrogen and oxygen atoms in total. The average molecular weight is 239 g/mol. The minimum absolute atomic E-state index is 0.603. The number of aldehydes is 1. The molecule has 0 saturated carbocycles. The molecule has 0 aliphatic carbocycles. The van der Waals surface area contributed by atoms with Crippen LogP contribution < -0.4 is 0 Å². The fourth-order valence-electron chi connectivity index (χ4n) is 2.32. The van der Waals surface area contributed by atoms with E-state index in [0.29, 0.717) is 5.69 Å². The molecule has 0 saturated heterocycles. The average Bonchev–Trinajstić information content (AvgIpc) is 2.91. The van der Waals surface area contributed by atoms with Crippen molar-refractivity contribution in [1.82, 2.24) is 14.1 Å². The van der Waals surface area contributed by atoms with Crippen LogP contribution in [0.5, 0.6) is 0 Å². The Morgan fingerprint density at radius 1 is 1.17 bits per heavy atom. The number of fused-ring (bicyclic) bond motifs is 1. The van der Waals surface area contributed by atoms with Crippen LogP contribution in [0.2, 0.25) is 0 Å². The van der Waals surface area contributed by atoms with Crippen molar-refractivity contribution < 1.29 is 4.79 Å². The molecule has 0 fully saturated rings. The molecule has 1 aromatic carbocycles. The SMILES string of the molecule is Cn1cnc(-c2cn(C)c3ccccc23)c1C=O. The van der Waals surface area contributed by atoms with E-state index in [1.807, 2.05) is 43.1 Å². The molecule has 0 amide bonds. The van der Waals surface area contributed by atoms with Crippen molar-refractivity contribution in [2.24, 2.45) is 14.1 Å². The van der Waals surface area contributed by atoms with Gasteiger partial charge < -0.3 is 9.13 Å². The second-order valence-electron chi connectivity index (χ2n) is 4.38. The zero-order valence-corrected chi connectivity index (χ0v) is 10.3. The van der Waals surface area contributed by atoms with Crippen LogP contribution in [-0.4, -0.2) is 20.4 Å². The number of nitrogens with zero attached hydrogens (tertiary/aromatic N) is 3. The number of carbonyl (C=O) groups is 1. The van der Waals surface area contributed by atoms with E-state index in [4.69, 9.17) is 0 Å². The maximum atomic E-state index is 11.2. The number of para-hydroxylation sites is 1. The van der Waals surface area contributed by atoms with Crippen LogP contribution in [0.15, 0.2) is 36.8 Å². The fourth-order valence-corrected chi connectivity index (χ4v) is 2.32. The lowest BCUT2D eigenvalue weighted by Crippen LogP contribution is -1.94. The molecule has 2 aromatic heterocycles. The predicted octanol–water partition coefficient (Wildman–Crippen LogP) is 2.39. The Hall–Kier alpha value is -2.36. The molecule has 18 heavy (non-hydrogen) atoms. The van der Waals surface area contributed by atoms with Crippen LogP contribution in [0, 0.1) is 0 Å². The molecule has 0 atom stereocenters. The van der Waals surface area contributed by atoms with Gasteiger partial charge in [0.1, 0.15) is 11.4 Å². The van der Waals surface area contributed by atoms with Crippen molar-refractivity contribution in [1.29, 1.82) is 0 Å². The second-order valence-corrected chi connectivity index (χ2v) is 4.38. The molecule has 3 aromatic rings. The Morgan fingerprint density at radius 3 is 2.72 bits per heavy atom. The molecule has 2 heterocycles. The van der Waals surface area contributed by atoms with E-state index in [1.54, 1.807) is 10.9 Å². The lowest BCUT2D eigenvalue weighted by Gasteiger charge is -1.97. The van der Waals surface area contributed by atoms with Gasteiger partial charge in [0.2, 0.25) is 0 Å². The highest BCUT2D eigenvalue weighted by molar-refractivity contribution is 5.98. The maximum absolute atomic E-state index is 11.2. The van der Waals surface area contributed by atoms with Gasteiger partial charge in [-0.1, -0.05) is 18.2 Å². The quantitative estimate of drug-likeness (QED) is 0.644. The topological polar surface area (TPSA) is 39.8 Å². The van der Waals surface area contributed by atoms with Gasteiger partial charge in [0.25, 0.3) is 0 Å². The first-order chi connectivity index (χ1) is 8.72. The molecular formula is C14H13N3O. The van der Waals surface area contributed by atoms with Gasteiger partial charge in [0.15, 0.2) is 6.29 Å². The van der Waals surface area contributed by atoms with Crippen molar-refractivity contribution in [2.75, 3.05) is 0 Å². The van der Waals surface area contributed by atoms with Crippen LogP contribution in [0.25, 0.3) is 22.2 Å². The number of carbonyl (C=O) groups excluding carboxylic acids is 1. The standard InChI is InChI=1S/C14H13N3O/c1-16-7-11(10-5-3-4-6-12(10)16)14-13(8-18)17(2)9-15-14/h3-9H,1-2H3. The van der Waals surface area contributed by atoms with Crippen LogP contribution >= 0.6 is 0 Å². The van der Waals surface area contributed by atoms with Crippen molar-refractivity contribution >= 4 is 17.2 Å². The summed E-state index contributed by atoms with van der Waals surface area (Å²) < 4.78 is 3.79. The van der Waals surface area contributed by atoms with E-state index in [2.05, 4.69) is 11.1 Å². The van der Waals surface area contributed by atoms with Crippen LogP contribution in [-0.2, 0) is 14.1 Å². The van der Waals surface area contributed by atoms with E-state index >= 15 is 0 Å². The van der Waals surface area contributed by atoms with E-state index in [-0.39, 0.29) is 0 Å². The Kier molecular flexibility index (Phi) is 2.30. The monoisotopic (exact) mass is 239 g/mol. The highest BCUT2D eigenvalue weighted by Crippen LogP contribution is 2.30. The minimum Gasteiger partial charge on any atom is -0.350 e. The first kappa shape index (κ1) is 10.8.